The zero-order chi connectivity index (χ0) is 38.5. The van der Waals surface area contributed by atoms with Crippen LogP contribution in [0.15, 0.2) is 12.2 Å². The third-order valence-corrected chi connectivity index (χ3v) is 9.91. The van der Waals surface area contributed by atoms with Gasteiger partial charge in [-0.3, -0.25) is 9.59 Å². The molecule has 0 rings (SSSR count). The second kappa shape index (κ2) is 36.1. The zero-order valence-corrected chi connectivity index (χ0v) is 34.8. The van der Waals surface area contributed by atoms with Gasteiger partial charge in [0, 0.05) is 19.3 Å². The second-order valence-corrected chi connectivity index (χ2v) is 16.0. The number of quaternary nitrogens is 1. The Hall–Kier alpha value is -1.93. The monoisotopic (exact) mass is 739 g/mol. The summed E-state index contributed by atoms with van der Waals surface area (Å²) in [7, 11) is 5.52. The van der Waals surface area contributed by atoms with Gasteiger partial charge in [-0.25, -0.2) is 4.79 Å². The predicted molar refractivity (Wildman–Crippen MR) is 215 cm³/mol. The molecule has 0 spiro atoms. The number of nitrogens with zero attached hydrogens (tertiary/aromatic N) is 1. The lowest BCUT2D eigenvalue weighted by Gasteiger charge is -2.31. The fraction of sp³-hybridized carbons (Fsp3) is 0.886. The van der Waals surface area contributed by atoms with Crippen molar-refractivity contribution in [2.45, 2.75) is 212 Å². The van der Waals surface area contributed by atoms with E-state index >= 15 is 0 Å². The lowest BCUT2D eigenvalue weighted by Crippen LogP contribution is -2.50. The summed E-state index contributed by atoms with van der Waals surface area (Å²) in [4.78, 5) is 36.8. The first-order valence-corrected chi connectivity index (χ1v) is 21.7. The van der Waals surface area contributed by atoms with Crippen molar-refractivity contribution in [3.63, 3.8) is 0 Å². The van der Waals surface area contributed by atoms with Crippen molar-refractivity contribution in [3.8, 4) is 0 Å². The van der Waals surface area contributed by atoms with Gasteiger partial charge in [-0.1, -0.05) is 161 Å². The van der Waals surface area contributed by atoms with E-state index in [1.165, 1.54) is 109 Å². The van der Waals surface area contributed by atoms with Crippen LogP contribution in [-0.4, -0.2) is 80.6 Å². The molecule has 0 amide bonds. The average molecular weight is 739 g/mol. The largest absolute Gasteiger partial charge is 0.477 e. The van der Waals surface area contributed by atoms with Gasteiger partial charge < -0.3 is 23.8 Å². The molecular formula is C44H84NO7+. The number of unbranched alkanes of at least 4 members (excludes halogenated alkanes) is 23. The van der Waals surface area contributed by atoms with Crippen molar-refractivity contribution >= 4 is 17.9 Å². The van der Waals surface area contributed by atoms with E-state index < -0.39 is 18.1 Å². The highest BCUT2D eigenvalue weighted by Crippen LogP contribution is 2.15. The van der Waals surface area contributed by atoms with Gasteiger partial charge in [0.1, 0.15) is 6.61 Å². The lowest BCUT2D eigenvalue weighted by atomic mass is 10.0. The molecule has 8 nitrogen and oxygen atoms in total. The van der Waals surface area contributed by atoms with Gasteiger partial charge in [-0.2, -0.15) is 0 Å². The van der Waals surface area contributed by atoms with Gasteiger partial charge in [0.15, 0.2) is 12.1 Å². The molecule has 0 heterocycles. The number of hydrogen-bond donors (Lipinski definition) is 1. The van der Waals surface area contributed by atoms with E-state index in [1.807, 2.05) is 21.1 Å². The van der Waals surface area contributed by atoms with E-state index in [0.717, 1.165) is 57.8 Å². The van der Waals surface area contributed by atoms with Crippen molar-refractivity contribution in [3.05, 3.63) is 12.2 Å². The second-order valence-electron chi connectivity index (χ2n) is 16.0. The molecule has 0 aromatic rings. The molecule has 0 saturated heterocycles. The number of allylic oxidation sites excluding steroid dienone is 2. The fourth-order valence-corrected chi connectivity index (χ4v) is 6.48. The molecule has 0 aromatic heterocycles. The van der Waals surface area contributed by atoms with E-state index in [-0.39, 0.29) is 36.2 Å². The number of likely N-dealkylation sites (N-methyl/N-ethyl adjacent to an activating group) is 1. The maximum absolute atomic E-state index is 12.6. The van der Waals surface area contributed by atoms with Crippen LogP contribution in [0.25, 0.3) is 0 Å². The van der Waals surface area contributed by atoms with Gasteiger partial charge in [-0.05, 0) is 32.1 Å². The minimum absolute atomic E-state index is 0.0499. The number of ether oxygens (including phenoxy) is 3. The van der Waals surface area contributed by atoms with Crippen LogP contribution < -0.4 is 0 Å². The lowest BCUT2D eigenvalue weighted by molar-refractivity contribution is -0.887. The Balaban J connectivity index is 4.25. The molecule has 306 valence electrons. The molecule has 0 bridgehead atoms. The Morgan fingerprint density at radius 2 is 0.981 bits per heavy atom. The first-order chi connectivity index (χ1) is 25.1. The summed E-state index contributed by atoms with van der Waals surface area (Å²) in [6, 6.07) is -0.611. The third kappa shape index (κ3) is 33.9. The normalized spacial score (nSPS) is 13.0. The summed E-state index contributed by atoms with van der Waals surface area (Å²) < 4.78 is 17.2. The van der Waals surface area contributed by atoms with Crippen LogP contribution in [0, 0.1) is 0 Å². The van der Waals surface area contributed by atoms with Gasteiger partial charge in [0.05, 0.1) is 34.4 Å². The number of hydrogen-bond acceptors (Lipinski definition) is 6. The Bertz CT molecular complexity index is 869. The number of carboxylic acid groups (broad SMARTS) is 1. The van der Waals surface area contributed by atoms with Crippen LogP contribution in [0.5, 0.6) is 0 Å². The van der Waals surface area contributed by atoms with E-state index in [4.69, 9.17) is 14.2 Å². The molecule has 0 aliphatic carbocycles. The molecule has 2 atom stereocenters. The quantitative estimate of drug-likeness (QED) is 0.0290. The SMILES string of the molecule is CCCC/C=C/CCCCCCC(=O)OC(COCCC(C(=O)O)[N+](C)(C)C)COC(=O)CCCCCCCCCCCCCCCCCCCC. The minimum Gasteiger partial charge on any atom is -0.477 e. The van der Waals surface area contributed by atoms with Crippen LogP contribution in [0.3, 0.4) is 0 Å². The maximum atomic E-state index is 12.6. The van der Waals surface area contributed by atoms with Crippen molar-refractivity contribution < 1.29 is 38.2 Å². The average Bonchev–Trinajstić information content (AvgIpc) is 3.09. The highest BCUT2D eigenvalue weighted by atomic mass is 16.6. The Labute approximate surface area is 320 Å². The summed E-state index contributed by atoms with van der Waals surface area (Å²) in [6.07, 6.45) is 36.9. The molecule has 0 radical (unpaired) electrons. The molecule has 0 aliphatic rings. The topological polar surface area (TPSA) is 99.1 Å². The van der Waals surface area contributed by atoms with Crippen molar-refractivity contribution in [2.75, 3.05) is 41.0 Å². The molecule has 1 N–H and O–H groups in total. The number of carbonyl (C=O) groups is 3. The Morgan fingerprint density at radius 1 is 0.558 bits per heavy atom. The number of esters is 2. The number of carbonyl (C=O) groups excluding carboxylic acids is 2. The van der Waals surface area contributed by atoms with E-state index in [2.05, 4.69) is 26.0 Å². The third-order valence-electron chi connectivity index (χ3n) is 9.91. The van der Waals surface area contributed by atoms with E-state index in [1.54, 1.807) is 0 Å². The van der Waals surface area contributed by atoms with Crippen LogP contribution in [0.1, 0.15) is 200 Å². The molecular weight excluding hydrogens is 654 g/mol. The molecule has 0 fully saturated rings. The first-order valence-electron chi connectivity index (χ1n) is 21.7. The number of rotatable bonds is 39. The standard InChI is InChI=1S/C44H83NO7/c1-6-8-10-12-14-16-18-19-20-21-22-23-24-25-27-28-30-32-34-42(46)51-39-40(38-50-37-36-41(44(48)49)45(3,4)5)52-43(47)35-33-31-29-26-17-15-13-11-9-7-2/h13,15,40-41H,6-12,14,16-39H2,1-5H3/p+1/b15-13+. The summed E-state index contributed by atoms with van der Waals surface area (Å²) in [6.45, 7) is 4.70. The van der Waals surface area contributed by atoms with Crippen molar-refractivity contribution in [1.29, 1.82) is 0 Å². The van der Waals surface area contributed by atoms with Gasteiger partial charge in [0.2, 0.25) is 0 Å². The fourth-order valence-electron chi connectivity index (χ4n) is 6.48. The smallest absolute Gasteiger partial charge is 0.362 e. The van der Waals surface area contributed by atoms with E-state index in [9.17, 15) is 19.5 Å². The molecule has 2 unspecified atom stereocenters. The number of carboxylic acids is 1. The molecule has 0 saturated carbocycles. The Morgan fingerprint density at radius 3 is 1.44 bits per heavy atom. The van der Waals surface area contributed by atoms with Gasteiger partial charge in [0.25, 0.3) is 0 Å². The van der Waals surface area contributed by atoms with Crippen LogP contribution in [-0.2, 0) is 28.6 Å². The minimum atomic E-state index is -0.875. The van der Waals surface area contributed by atoms with E-state index in [0.29, 0.717) is 19.3 Å². The summed E-state index contributed by atoms with van der Waals surface area (Å²) in [5.41, 5.74) is 0. The maximum Gasteiger partial charge on any atom is 0.362 e. The zero-order valence-electron chi connectivity index (χ0n) is 34.8. The van der Waals surface area contributed by atoms with Crippen LogP contribution >= 0.6 is 0 Å². The molecule has 0 aromatic carbocycles. The summed E-state index contributed by atoms with van der Waals surface area (Å²) in [5, 5.41) is 9.59. The van der Waals surface area contributed by atoms with Crippen molar-refractivity contribution in [1.82, 2.24) is 0 Å². The molecule has 0 aliphatic heterocycles. The molecule has 8 heteroatoms. The number of aliphatic carboxylic acids is 1. The van der Waals surface area contributed by atoms with Gasteiger partial charge in [-0.15, -0.1) is 0 Å². The Kier molecular flexibility index (Phi) is 34.7. The van der Waals surface area contributed by atoms with Crippen LogP contribution in [0.2, 0.25) is 0 Å². The van der Waals surface area contributed by atoms with Crippen molar-refractivity contribution in [2.24, 2.45) is 0 Å². The summed E-state index contributed by atoms with van der Waals surface area (Å²) in [5.74, 6) is -1.47. The predicted octanol–water partition coefficient (Wildman–Crippen LogP) is 11.5. The molecule has 52 heavy (non-hydrogen) atoms. The van der Waals surface area contributed by atoms with Gasteiger partial charge >= 0.3 is 17.9 Å². The van der Waals surface area contributed by atoms with Crippen LogP contribution in [0.4, 0.5) is 0 Å². The first kappa shape index (κ1) is 50.1. The highest BCUT2D eigenvalue weighted by molar-refractivity contribution is 5.72. The summed E-state index contributed by atoms with van der Waals surface area (Å²) >= 11 is 0. The highest BCUT2D eigenvalue weighted by Gasteiger charge is 2.31.